The van der Waals surface area contributed by atoms with E-state index >= 15 is 0 Å². The molecular formula is C21H24FNO. The second-order valence-electron chi connectivity index (χ2n) is 7.04. The lowest BCUT2D eigenvalue weighted by atomic mass is 9.80. The van der Waals surface area contributed by atoms with Gasteiger partial charge in [-0.1, -0.05) is 44.2 Å². The number of benzene rings is 2. The highest BCUT2D eigenvalue weighted by Gasteiger charge is 2.42. The molecule has 0 saturated carbocycles. The topological polar surface area (TPSA) is 21.3 Å². The molecule has 4 rings (SSSR count). The number of anilines is 1. The van der Waals surface area contributed by atoms with Crippen molar-refractivity contribution in [3.05, 3.63) is 65.0 Å². The summed E-state index contributed by atoms with van der Waals surface area (Å²) in [6, 6.07) is 13.7. The molecular weight excluding hydrogens is 301 g/mol. The van der Waals surface area contributed by atoms with Gasteiger partial charge in [-0.25, -0.2) is 4.39 Å². The van der Waals surface area contributed by atoms with Crippen molar-refractivity contribution < 1.29 is 9.13 Å². The molecule has 2 nitrogen and oxygen atoms in total. The van der Waals surface area contributed by atoms with Crippen LogP contribution in [0.15, 0.2) is 42.5 Å². The minimum Gasteiger partial charge on any atom is -0.377 e. The molecule has 2 aliphatic rings. The molecule has 0 aromatic heterocycles. The number of hydrogen-bond acceptors (Lipinski definition) is 2. The van der Waals surface area contributed by atoms with E-state index in [4.69, 9.17) is 4.74 Å². The van der Waals surface area contributed by atoms with Crippen LogP contribution in [0.5, 0.6) is 0 Å². The van der Waals surface area contributed by atoms with Gasteiger partial charge >= 0.3 is 0 Å². The molecule has 2 aromatic rings. The summed E-state index contributed by atoms with van der Waals surface area (Å²) in [4.78, 5) is 0. The van der Waals surface area contributed by atoms with Gasteiger partial charge in [0.25, 0.3) is 0 Å². The maximum absolute atomic E-state index is 14.3. The SMILES string of the molecule is CCC(C)c1ccc2c(c1)C1OCCC1C(c1ccccc1F)N2. The summed E-state index contributed by atoms with van der Waals surface area (Å²) in [5, 5.41) is 3.59. The van der Waals surface area contributed by atoms with Gasteiger partial charge in [0.1, 0.15) is 5.82 Å². The zero-order chi connectivity index (χ0) is 16.7. The van der Waals surface area contributed by atoms with E-state index in [1.54, 1.807) is 12.1 Å². The number of fused-ring (bicyclic) bond motifs is 3. The van der Waals surface area contributed by atoms with Crippen LogP contribution in [0.2, 0.25) is 0 Å². The fourth-order valence-electron chi connectivity index (χ4n) is 4.07. The Bertz CT molecular complexity index is 744. The Morgan fingerprint density at radius 2 is 2.04 bits per heavy atom. The van der Waals surface area contributed by atoms with Gasteiger partial charge in [-0.2, -0.15) is 0 Å². The van der Waals surface area contributed by atoms with Crippen molar-refractivity contribution in [1.82, 2.24) is 0 Å². The summed E-state index contributed by atoms with van der Waals surface area (Å²) in [6.45, 7) is 5.22. The second-order valence-corrected chi connectivity index (χ2v) is 7.04. The van der Waals surface area contributed by atoms with Crippen molar-refractivity contribution in [3.8, 4) is 0 Å². The van der Waals surface area contributed by atoms with Crippen LogP contribution in [0.25, 0.3) is 0 Å². The Morgan fingerprint density at radius 3 is 2.83 bits per heavy atom. The van der Waals surface area contributed by atoms with E-state index < -0.39 is 0 Å². The van der Waals surface area contributed by atoms with Crippen molar-refractivity contribution in [2.45, 2.75) is 44.8 Å². The summed E-state index contributed by atoms with van der Waals surface area (Å²) in [5.74, 6) is 0.682. The molecule has 0 aliphatic carbocycles. The van der Waals surface area contributed by atoms with Crippen LogP contribution >= 0.6 is 0 Å². The Morgan fingerprint density at radius 1 is 1.21 bits per heavy atom. The van der Waals surface area contributed by atoms with Gasteiger partial charge < -0.3 is 10.1 Å². The molecule has 4 atom stereocenters. The van der Waals surface area contributed by atoms with Crippen LogP contribution in [0.3, 0.4) is 0 Å². The highest BCUT2D eigenvalue weighted by atomic mass is 19.1. The van der Waals surface area contributed by atoms with Crippen molar-refractivity contribution in [3.63, 3.8) is 0 Å². The van der Waals surface area contributed by atoms with Crippen molar-refractivity contribution in [2.24, 2.45) is 5.92 Å². The third kappa shape index (κ3) is 2.51. The number of rotatable bonds is 3. The second kappa shape index (κ2) is 6.21. The lowest BCUT2D eigenvalue weighted by Gasteiger charge is -2.37. The van der Waals surface area contributed by atoms with E-state index in [9.17, 15) is 4.39 Å². The molecule has 3 heteroatoms. The molecule has 24 heavy (non-hydrogen) atoms. The lowest BCUT2D eigenvalue weighted by Crippen LogP contribution is -2.30. The molecule has 1 N–H and O–H groups in total. The highest BCUT2D eigenvalue weighted by Crippen LogP contribution is 2.50. The Hall–Kier alpha value is -1.87. The molecule has 0 radical (unpaired) electrons. The Balaban J connectivity index is 1.75. The molecule has 2 aliphatic heterocycles. The molecule has 2 heterocycles. The smallest absolute Gasteiger partial charge is 0.128 e. The summed E-state index contributed by atoms with van der Waals surface area (Å²) in [5.41, 5.74) is 4.42. The summed E-state index contributed by atoms with van der Waals surface area (Å²) >= 11 is 0. The van der Waals surface area contributed by atoms with E-state index in [2.05, 4.69) is 37.4 Å². The number of halogens is 1. The number of ether oxygens (including phenoxy) is 1. The maximum atomic E-state index is 14.3. The van der Waals surface area contributed by atoms with Crippen LogP contribution in [-0.4, -0.2) is 6.61 Å². The summed E-state index contributed by atoms with van der Waals surface area (Å²) in [7, 11) is 0. The van der Waals surface area contributed by atoms with E-state index in [0.717, 1.165) is 30.7 Å². The van der Waals surface area contributed by atoms with Gasteiger partial charge in [0, 0.05) is 29.3 Å². The Labute approximate surface area is 143 Å². The summed E-state index contributed by atoms with van der Waals surface area (Å²) < 4.78 is 20.4. The van der Waals surface area contributed by atoms with Crippen LogP contribution in [0, 0.1) is 11.7 Å². The van der Waals surface area contributed by atoms with Crippen LogP contribution in [0.1, 0.15) is 61.4 Å². The van der Waals surface area contributed by atoms with Crippen molar-refractivity contribution in [1.29, 1.82) is 0 Å². The number of nitrogens with one attached hydrogen (secondary N) is 1. The third-order valence-electron chi connectivity index (χ3n) is 5.68. The molecule has 1 fully saturated rings. The molecule has 4 unspecified atom stereocenters. The minimum absolute atomic E-state index is 0.0272. The quantitative estimate of drug-likeness (QED) is 0.795. The maximum Gasteiger partial charge on any atom is 0.128 e. The average Bonchev–Trinajstić information content (AvgIpc) is 3.10. The van der Waals surface area contributed by atoms with Crippen LogP contribution < -0.4 is 5.32 Å². The Kier molecular flexibility index (Phi) is 4.05. The van der Waals surface area contributed by atoms with E-state index in [1.165, 1.54) is 11.1 Å². The number of hydrogen-bond donors (Lipinski definition) is 1. The van der Waals surface area contributed by atoms with Gasteiger partial charge in [-0.15, -0.1) is 0 Å². The fraction of sp³-hybridized carbons (Fsp3) is 0.429. The van der Waals surface area contributed by atoms with E-state index in [-0.39, 0.29) is 23.9 Å². The zero-order valence-electron chi connectivity index (χ0n) is 14.3. The van der Waals surface area contributed by atoms with Gasteiger partial charge in [0.05, 0.1) is 12.1 Å². The average molecular weight is 325 g/mol. The first-order chi connectivity index (χ1) is 11.7. The summed E-state index contributed by atoms with van der Waals surface area (Å²) in [6.07, 6.45) is 2.15. The van der Waals surface area contributed by atoms with Gasteiger partial charge in [0.15, 0.2) is 0 Å². The molecule has 1 saturated heterocycles. The molecule has 0 amide bonds. The monoisotopic (exact) mass is 325 g/mol. The van der Waals surface area contributed by atoms with Crippen molar-refractivity contribution >= 4 is 5.69 Å². The van der Waals surface area contributed by atoms with E-state index in [1.807, 2.05) is 12.1 Å². The largest absolute Gasteiger partial charge is 0.377 e. The molecule has 126 valence electrons. The fourth-order valence-corrected chi connectivity index (χ4v) is 4.07. The van der Waals surface area contributed by atoms with E-state index in [0.29, 0.717) is 5.92 Å². The van der Waals surface area contributed by atoms with Crippen LogP contribution in [0.4, 0.5) is 10.1 Å². The van der Waals surface area contributed by atoms with Gasteiger partial charge in [-0.3, -0.25) is 0 Å². The first kappa shape index (κ1) is 15.6. The lowest BCUT2D eigenvalue weighted by molar-refractivity contribution is 0.0825. The third-order valence-corrected chi connectivity index (χ3v) is 5.68. The molecule has 0 spiro atoms. The predicted octanol–water partition coefficient (Wildman–Crippen LogP) is 5.58. The van der Waals surface area contributed by atoms with Gasteiger partial charge in [-0.05, 0) is 36.5 Å². The highest BCUT2D eigenvalue weighted by molar-refractivity contribution is 5.59. The predicted molar refractivity (Wildman–Crippen MR) is 94.7 cm³/mol. The van der Waals surface area contributed by atoms with Crippen LogP contribution in [-0.2, 0) is 4.74 Å². The minimum atomic E-state index is -0.139. The zero-order valence-corrected chi connectivity index (χ0v) is 14.3. The normalized spacial score (nSPS) is 26.4. The molecule has 2 aromatic carbocycles. The molecule has 0 bridgehead atoms. The van der Waals surface area contributed by atoms with Crippen molar-refractivity contribution in [2.75, 3.05) is 11.9 Å². The first-order valence-corrected chi connectivity index (χ1v) is 8.95. The van der Waals surface area contributed by atoms with Gasteiger partial charge in [0.2, 0.25) is 0 Å². The first-order valence-electron chi connectivity index (χ1n) is 8.95. The standard InChI is InChI=1S/C21H24FNO/c1-3-13(2)14-8-9-19-17(12-14)21-16(10-11-24-21)20(23-19)15-6-4-5-7-18(15)22/h4-9,12-13,16,20-21,23H,3,10-11H2,1-2H3.